The molecule has 1 aliphatic rings. The molecule has 1 atom stereocenters. The first-order chi connectivity index (χ1) is 16.3. The SMILES string of the molecule is C=C/C=C(\N=CNC(=O)c1cccc(-n2cnc(C(O)C(F)(F)F)c2)c1)c1nncn1C1CC1. The summed E-state index contributed by atoms with van der Waals surface area (Å²) in [6.45, 7) is 3.68. The Morgan fingerprint density at radius 3 is 2.82 bits per heavy atom. The van der Waals surface area contributed by atoms with Crippen LogP contribution in [0.25, 0.3) is 11.4 Å². The van der Waals surface area contributed by atoms with Gasteiger partial charge in [-0.15, -0.1) is 10.2 Å². The lowest BCUT2D eigenvalue weighted by molar-refractivity contribution is -0.207. The van der Waals surface area contributed by atoms with Crippen molar-refractivity contribution >= 4 is 17.9 Å². The van der Waals surface area contributed by atoms with Crippen LogP contribution in [0, 0.1) is 0 Å². The number of halogens is 3. The lowest BCUT2D eigenvalue weighted by Crippen LogP contribution is -2.21. The van der Waals surface area contributed by atoms with E-state index in [0.717, 1.165) is 25.4 Å². The van der Waals surface area contributed by atoms with Crippen molar-refractivity contribution in [2.75, 3.05) is 0 Å². The molecule has 1 saturated carbocycles. The molecule has 1 fully saturated rings. The van der Waals surface area contributed by atoms with E-state index < -0.39 is 23.9 Å². The van der Waals surface area contributed by atoms with Gasteiger partial charge in [-0.05, 0) is 37.1 Å². The predicted molar refractivity (Wildman–Crippen MR) is 117 cm³/mol. The first-order valence-electron chi connectivity index (χ1n) is 10.2. The summed E-state index contributed by atoms with van der Waals surface area (Å²) in [7, 11) is 0. The number of aromatic nitrogens is 5. The number of aliphatic hydroxyl groups excluding tert-OH is 1. The Morgan fingerprint density at radius 1 is 1.32 bits per heavy atom. The first kappa shape index (κ1) is 23.1. The van der Waals surface area contributed by atoms with Crippen LogP contribution in [0.1, 0.15) is 46.9 Å². The standard InChI is InChI=1S/C22H20F3N7O2/c1-2-4-17(20-30-29-13-32(20)15-7-8-15)26-11-27-21(34)14-5-3-6-16(9-14)31-10-18(28-12-31)19(33)22(23,24)25/h2-6,9-13,15,19,33H,1,7-8H2,(H,26,27,34)/b17-4-. The maximum absolute atomic E-state index is 12.7. The molecule has 2 N–H and O–H groups in total. The number of rotatable bonds is 8. The van der Waals surface area contributed by atoms with Gasteiger partial charge in [0.25, 0.3) is 5.91 Å². The summed E-state index contributed by atoms with van der Waals surface area (Å²) >= 11 is 0. The van der Waals surface area contributed by atoms with Gasteiger partial charge in [0, 0.05) is 23.5 Å². The normalized spacial score (nSPS) is 15.5. The molecule has 0 radical (unpaired) electrons. The van der Waals surface area contributed by atoms with Crippen molar-refractivity contribution < 1.29 is 23.1 Å². The Bertz CT molecular complexity index is 1260. The third-order valence-electron chi connectivity index (χ3n) is 5.02. The number of alkyl halides is 3. The molecule has 2 aromatic heterocycles. The molecule has 1 aliphatic carbocycles. The number of hydrogen-bond acceptors (Lipinski definition) is 6. The quantitative estimate of drug-likeness (QED) is 0.297. The molecule has 0 spiro atoms. The van der Waals surface area contributed by atoms with Crippen molar-refractivity contribution in [3.05, 3.63) is 78.9 Å². The number of hydrogen-bond donors (Lipinski definition) is 2. The molecule has 12 heteroatoms. The van der Waals surface area contributed by atoms with Gasteiger partial charge in [-0.1, -0.05) is 18.7 Å². The van der Waals surface area contributed by atoms with E-state index in [1.807, 2.05) is 4.57 Å². The van der Waals surface area contributed by atoms with Gasteiger partial charge < -0.3 is 19.6 Å². The summed E-state index contributed by atoms with van der Waals surface area (Å²) in [5.41, 5.74) is 0.561. The number of aliphatic imine (C=N–C) groups is 1. The fraction of sp³-hybridized carbons (Fsp3) is 0.227. The van der Waals surface area contributed by atoms with Crippen molar-refractivity contribution in [3.63, 3.8) is 0 Å². The van der Waals surface area contributed by atoms with Crippen molar-refractivity contribution in [2.24, 2.45) is 4.99 Å². The Balaban J connectivity index is 1.47. The van der Waals surface area contributed by atoms with Crippen LogP contribution < -0.4 is 5.32 Å². The lowest BCUT2D eigenvalue weighted by atomic mass is 10.2. The molecular weight excluding hydrogens is 451 g/mol. The number of carbonyl (C=O) groups is 1. The molecule has 9 nitrogen and oxygen atoms in total. The zero-order chi connectivity index (χ0) is 24.3. The third kappa shape index (κ3) is 5.12. The van der Waals surface area contributed by atoms with Crippen LogP contribution >= 0.6 is 0 Å². The minimum absolute atomic E-state index is 0.242. The van der Waals surface area contributed by atoms with Crippen LogP contribution in [0.15, 0.2) is 66.8 Å². The van der Waals surface area contributed by atoms with E-state index in [9.17, 15) is 23.1 Å². The zero-order valence-corrected chi connectivity index (χ0v) is 17.7. The molecule has 1 aromatic carbocycles. The number of carbonyl (C=O) groups excluding carboxylic acids is 1. The van der Waals surface area contributed by atoms with Gasteiger partial charge in [0.15, 0.2) is 11.9 Å². The summed E-state index contributed by atoms with van der Waals surface area (Å²) in [4.78, 5) is 20.5. The van der Waals surface area contributed by atoms with Crippen LogP contribution in [0.3, 0.4) is 0 Å². The summed E-state index contributed by atoms with van der Waals surface area (Å²) in [6, 6.07) is 6.51. The maximum atomic E-state index is 12.7. The van der Waals surface area contributed by atoms with E-state index in [-0.39, 0.29) is 5.56 Å². The summed E-state index contributed by atoms with van der Waals surface area (Å²) < 4.78 is 41.3. The minimum atomic E-state index is -4.83. The Hall–Kier alpha value is -4.06. The third-order valence-corrected chi connectivity index (χ3v) is 5.02. The van der Waals surface area contributed by atoms with Gasteiger partial charge in [-0.3, -0.25) is 4.79 Å². The van der Waals surface area contributed by atoms with Gasteiger partial charge in [-0.2, -0.15) is 13.2 Å². The van der Waals surface area contributed by atoms with Crippen LogP contribution in [0.4, 0.5) is 13.2 Å². The van der Waals surface area contributed by atoms with Crippen LogP contribution in [0.5, 0.6) is 0 Å². The lowest BCUT2D eigenvalue weighted by Gasteiger charge is -2.11. The number of amides is 1. The Kier molecular flexibility index (Phi) is 6.41. The molecule has 2 heterocycles. The summed E-state index contributed by atoms with van der Waals surface area (Å²) in [5, 5.41) is 20.0. The highest BCUT2D eigenvalue weighted by Crippen LogP contribution is 2.36. The number of benzene rings is 1. The van der Waals surface area contributed by atoms with Crippen LogP contribution in [-0.4, -0.2) is 47.8 Å². The van der Waals surface area contributed by atoms with E-state index in [2.05, 4.69) is 32.1 Å². The summed E-state index contributed by atoms with van der Waals surface area (Å²) in [6.07, 6.45) is 2.81. The van der Waals surface area contributed by atoms with Crippen molar-refractivity contribution in [1.29, 1.82) is 0 Å². The average molecular weight is 471 g/mol. The number of nitrogens with zero attached hydrogens (tertiary/aromatic N) is 6. The molecular formula is C22H20F3N7O2. The van der Waals surface area contributed by atoms with Crippen molar-refractivity contribution in [3.8, 4) is 5.69 Å². The summed E-state index contributed by atoms with van der Waals surface area (Å²) in [5.74, 6) is 0.0785. The second-order valence-corrected chi connectivity index (χ2v) is 7.51. The molecule has 4 rings (SSSR count). The van der Waals surface area contributed by atoms with E-state index >= 15 is 0 Å². The second-order valence-electron chi connectivity index (χ2n) is 7.51. The number of nitrogens with one attached hydrogen (secondary N) is 1. The second kappa shape index (κ2) is 9.43. The zero-order valence-electron chi connectivity index (χ0n) is 17.7. The van der Waals surface area contributed by atoms with Crippen LogP contribution in [0.2, 0.25) is 0 Å². The van der Waals surface area contributed by atoms with E-state index in [4.69, 9.17) is 0 Å². The molecule has 0 bridgehead atoms. The highest BCUT2D eigenvalue weighted by molar-refractivity contribution is 6.01. The van der Waals surface area contributed by atoms with E-state index in [1.54, 1.807) is 36.7 Å². The Morgan fingerprint density at radius 2 is 2.12 bits per heavy atom. The van der Waals surface area contributed by atoms with Gasteiger partial charge >= 0.3 is 6.18 Å². The molecule has 1 unspecified atom stereocenters. The number of imidazole rings is 1. The van der Waals surface area contributed by atoms with Crippen molar-refractivity contribution in [2.45, 2.75) is 31.2 Å². The Labute approximate surface area is 192 Å². The first-order valence-corrected chi connectivity index (χ1v) is 10.2. The van der Waals surface area contributed by atoms with Crippen molar-refractivity contribution in [1.82, 2.24) is 29.6 Å². The van der Waals surface area contributed by atoms with Gasteiger partial charge in [0.2, 0.25) is 0 Å². The van der Waals surface area contributed by atoms with E-state index in [0.29, 0.717) is 23.3 Å². The highest BCUT2D eigenvalue weighted by Gasteiger charge is 2.40. The molecule has 176 valence electrons. The average Bonchev–Trinajstić information content (AvgIpc) is 3.33. The molecule has 3 aromatic rings. The topological polar surface area (TPSA) is 110 Å². The molecule has 0 saturated heterocycles. The smallest absolute Gasteiger partial charge is 0.378 e. The van der Waals surface area contributed by atoms with E-state index in [1.165, 1.54) is 17.0 Å². The molecule has 34 heavy (non-hydrogen) atoms. The van der Waals surface area contributed by atoms with Gasteiger partial charge in [0.05, 0.1) is 18.4 Å². The predicted octanol–water partition coefficient (Wildman–Crippen LogP) is 3.38. The monoisotopic (exact) mass is 471 g/mol. The number of aliphatic hydroxyl groups is 1. The largest absolute Gasteiger partial charge is 0.420 e. The number of allylic oxidation sites excluding steroid dienone is 2. The molecule has 0 aliphatic heterocycles. The van der Waals surface area contributed by atoms with Gasteiger partial charge in [0.1, 0.15) is 12.0 Å². The maximum Gasteiger partial charge on any atom is 0.420 e. The van der Waals surface area contributed by atoms with Gasteiger partial charge in [-0.25, -0.2) is 9.98 Å². The molecule has 1 amide bonds. The fourth-order valence-corrected chi connectivity index (χ4v) is 3.17. The van der Waals surface area contributed by atoms with Crippen LogP contribution in [-0.2, 0) is 0 Å². The fourth-order valence-electron chi connectivity index (χ4n) is 3.17. The highest BCUT2D eigenvalue weighted by atomic mass is 19.4. The minimum Gasteiger partial charge on any atom is -0.378 e.